The van der Waals surface area contributed by atoms with Crippen LogP contribution in [0.5, 0.6) is 5.75 Å². The van der Waals surface area contributed by atoms with Crippen molar-refractivity contribution >= 4 is 17.5 Å². The summed E-state index contributed by atoms with van der Waals surface area (Å²) >= 11 is 0. The van der Waals surface area contributed by atoms with E-state index in [0.29, 0.717) is 17.5 Å². The van der Waals surface area contributed by atoms with Crippen molar-refractivity contribution in [2.45, 2.75) is 57.7 Å². The summed E-state index contributed by atoms with van der Waals surface area (Å²) < 4.78 is 10.6. The molecule has 23 heavy (non-hydrogen) atoms. The van der Waals surface area contributed by atoms with E-state index in [0.717, 1.165) is 24.9 Å². The zero-order chi connectivity index (χ0) is 17.0. The maximum Gasteiger partial charge on any atom is 0.412 e. The molecule has 0 aliphatic heterocycles. The van der Waals surface area contributed by atoms with Crippen LogP contribution in [-0.2, 0) is 4.74 Å². The highest BCUT2D eigenvalue weighted by Gasteiger charge is 2.22. The monoisotopic (exact) mass is 321 g/mol. The van der Waals surface area contributed by atoms with E-state index in [9.17, 15) is 4.79 Å². The molecule has 4 N–H and O–H groups in total. The minimum absolute atomic E-state index is 0.280. The Bertz CT molecular complexity index is 555. The van der Waals surface area contributed by atoms with Crippen molar-refractivity contribution in [3.05, 3.63) is 18.2 Å². The maximum absolute atomic E-state index is 11.9. The van der Waals surface area contributed by atoms with Crippen LogP contribution in [-0.4, -0.2) is 30.9 Å². The Morgan fingerprint density at radius 2 is 2.04 bits per heavy atom. The van der Waals surface area contributed by atoms with Gasteiger partial charge in [0.2, 0.25) is 0 Å². The van der Waals surface area contributed by atoms with Gasteiger partial charge in [0.25, 0.3) is 0 Å². The summed E-state index contributed by atoms with van der Waals surface area (Å²) in [6.07, 6.45) is 2.59. The lowest BCUT2D eigenvalue weighted by Gasteiger charge is -2.21. The molecular weight excluding hydrogens is 294 g/mol. The summed E-state index contributed by atoms with van der Waals surface area (Å²) in [4.78, 5) is 11.9. The van der Waals surface area contributed by atoms with Crippen LogP contribution in [0.2, 0.25) is 0 Å². The van der Waals surface area contributed by atoms with Gasteiger partial charge in [0.05, 0.1) is 12.8 Å². The predicted octanol–water partition coefficient (Wildman–Crippen LogP) is 3.33. The molecule has 2 rings (SSSR count). The van der Waals surface area contributed by atoms with Crippen molar-refractivity contribution in [2.24, 2.45) is 5.73 Å². The van der Waals surface area contributed by atoms with Crippen molar-refractivity contribution in [2.75, 3.05) is 17.7 Å². The molecule has 0 aromatic heterocycles. The lowest BCUT2D eigenvalue weighted by molar-refractivity contribution is 0.0635. The summed E-state index contributed by atoms with van der Waals surface area (Å²) in [5.41, 5.74) is 6.93. The third kappa shape index (κ3) is 5.32. The van der Waals surface area contributed by atoms with Crippen LogP contribution < -0.4 is 21.1 Å². The number of nitrogens with two attached hydrogens (primary N) is 1. The van der Waals surface area contributed by atoms with Gasteiger partial charge in [-0.05, 0) is 52.2 Å². The number of hydrogen-bond acceptors (Lipinski definition) is 5. The fraction of sp³-hybridized carbons (Fsp3) is 0.588. The fourth-order valence-corrected chi connectivity index (χ4v) is 2.68. The van der Waals surface area contributed by atoms with Crippen molar-refractivity contribution in [1.82, 2.24) is 0 Å². The highest BCUT2D eigenvalue weighted by Crippen LogP contribution is 2.30. The van der Waals surface area contributed by atoms with Crippen LogP contribution >= 0.6 is 0 Å². The van der Waals surface area contributed by atoms with Crippen molar-refractivity contribution < 1.29 is 14.3 Å². The molecule has 0 spiro atoms. The quantitative estimate of drug-likeness (QED) is 0.792. The second-order valence-electron chi connectivity index (χ2n) is 6.96. The summed E-state index contributed by atoms with van der Waals surface area (Å²) in [5.74, 6) is 0.586. The number of carbonyl (C=O) groups is 1. The van der Waals surface area contributed by atoms with E-state index in [-0.39, 0.29) is 6.04 Å². The average molecular weight is 321 g/mol. The normalized spacial score (nSPS) is 20.9. The zero-order valence-electron chi connectivity index (χ0n) is 14.3. The number of methoxy groups -OCH3 is 1. The Kier molecular flexibility index (Phi) is 5.36. The van der Waals surface area contributed by atoms with Crippen molar-refractivity contribution in [3.8, 4) is 5.75 Å². The molecular formula is C17H27N3O3. The fourth-order valence-electron chi connectivity index (χ4n) is 2.68. The minimum Gasteiger partial charge on any atom is -0.494 e. The smallest absolute Gasteiger partial charge is 0.412 e. The zero-order valence-corrected chi connectivity index (χ0v) is 14.3. The average Bonchev–Trinajstić information content (AvgIpc) is 2.83. The van der Waals surface area contributed by atoms with E-state index < -0.39 is 11.7 Å². The predicted molar refractivity (Wildman–Crippen MR) is 92.1 cm³/mol. The molecule has 6 heteroatoms. The first kappa shape index (κ1) is 17.4. The number of nitrogens with one attached hydrogen (secondary N) is 2. The molecule has 0 radical (unpaired) electrons. The molecule has 1 saturated carbocycles. The Labute approximate surface area is 137 Å². The van der Waals surface area contributed by atoms with E-state index >= 15 is 0 Å². The topological polar surface area (TPSA) is 85.6 Å². The summed E-state index contributed by atoms with van der Waals surface area (Å²) in [7, 11) is 1.57. The summed E-state index contributed by atoms with van der Waals surface area (Å²) in [6.45, 7) is 5.47. The Hall–Kier alpha value is -1.95. The van der Waals surface area contributed by atoms with Crippen LogP contribution in [0.3, 0.4) is 0 Å². The van der Waals surface area contributed by atoms with E-state index in [2.05, 4.69) is 10.6 Å². The molecule has 1 aliphatic carbocycles. The second-order valence-corrected chi connectivity index (χ2v) is 6.96. The van der Waals surface area contributed by atoms with Crippen LogP contribution in [0, 0.1) is 0 Å². The van der Waals surface area contributed by atoms with Gasteiger partial charge in [0.15, 0.2) is 0 Å². The number of anilines is 2. The molecule has 2 atom stereocenters. The van der Waals surface area contributed by atoms with Gasteiger partial charge in [-0.3, -0.25) is 5.32 Å². The number of amides is 1. The number of ether oxygens (including phenoxy) is 2. The highest BCUT2D eigenvalue weighted by molar-refractivity contribution is 5.87. The number of rotatable bonds is 4. The third-order valence-electron chi connectivity index (χ3n) is 3.68. The summed E-state index contributed by atoms with van der Waals surface area (Å²) in [6, 6.07) is 6.26. The van der Waals surface area contributed by atoms with Gasteiger partial charge in [0.1, 0.15) is 11.4 Å². The molecule has 0 heterocycles. The van der Waals surface area contributed by atoms with E-state index in [1.807, 2.05) is 32.9 Å². The van der Waals surface area contributed by atoms with E-state index in [4.69, 9.17) is 15.2 Å². The molecule has 1 aromatic carbocycles. The first-order chi connectivity index (χ1) is 10.8. The van der Waals surface area contributed by atoms with Gasteiger partial charge in [-0.15, -0.1) is 0 Å². The molecule has 1 aromatic rings. The largest absolute Gasteiger partial charge is 0.494 e. The van der Waals surface area contributed by atoms with Gasteiger partial charge in [-0.2, -0.15) is 0 Å². The molecule has 6 nitrogen and oxygen atoms in total. The minimum atomic E-state index is -0.542. The molecule has 0 saturated heterocycles. The molecule has 1 amide bonds. The first-order valence-corrected chi connectivity index (χ1v) is 7.97. The Morgan fingerprint density at radius 3 is 2.61 bits per heavy atom. The second kappa shape index (κ2) is 7.08. The van der Waals surface area contributed by atoms with Crippen LogP contribution in [0.4, 0.5) is 16.2 Å². The molecule has 0 bridgehead atoms. The molecule has 1 aliphatic rings. The third-order valence-corrected chi connectivity index (χ3v) is 3.68. The lowest BCUT2D eigenvalue weighted by atomic mass is 10.2. The van der Waals surface area contributed by atoms with Gasteiger partial charge in [-0.25, -0.2) is 4.79 Å². The van der Waals surface area contributed by atoms with Gasteiger partial charge >= 0.3 is 6.09 Å². The first-order valence-electron chi connectivity index (χ1n) is 7.97. The van der Waals surface area contributed by atoms with E-state index in [1.54, 1.807) is 13.2 Å². The number of hydrogen-bond donors (Lipinski definition) is 3. The lowest BCUT2D eigenvalue weighted by Crippen LogP contribution is -2.27. The van der Waals surface area contributed by atoms with Crippen LogP contribution in [0.1, 0.15) is 40.0 Å². The Morgan fingerprint density at radius 1 is 1.30 bits per heavy atom. The van der Waals surface area contributed by atoms with Gasteiger partial charge < -0.3 is 20.5 Å². The van der Waals surface area contributed by atoms with Crippen molar-refractivity contribution in [1.29, 1.82) is 0 Å². The highest BCUT2D eigenvalue weighted by atomic mass is 16.6. The van der Waals surface area contributed by atoms with E-state index in [1.165, 1.54) is 0 Å². The molecule has 128 valence electrons. The van der Waals surface area contributed by atoms with Gasteiger partial charge in [0, 0.05) is 23.8 Å². The standard InChI is InChI=1S/C17H27N3O3/c1-17(2,3)23-16(21)20-14-8-7-13(10-15(14)22-4)19-12-6-5-11(18)9-12/h7-8,10-12,19H,5-6,9,18H2,1-4H3,(H,20,21). The maximum atomic E-state index is 11.9. The van der Waals surface area contributed by atoms with Crippen LogP contribution in [0.25, 0.3) is 0 Å². The van der Waals surface area contributed by atoms with Crippen LogP contribution in [0.15, 0.2) is 18.2 Å². The number of benzene rings is 1. The Balaban J connectivity index is 2.03. The number of carbonyl (C=O) groups excluding carboxylic acids is 1. The SMILES string of the molecule is COc1cc(NC2CCC(N)C2)ccc1NC(=O)OC(C)(C)C. The molecule has 1 fully saturated rings. The van der Waals surface area contributed by atoms with Crippen molar-refractivity contribution in [3.63, 3.8) is 0 Å². The van der Waals surface area contributed by atoms with Gasteiger partial charge in [-0.1, -0.05) is 0 Å². The summed E-state index contributed by atoms with van der Waals surface area (Å²) in [5, 5.41) is 6.17. The molecule has 2 unspecified atom stereocenters.